The van der Waals surface area contributed by atoms with Crippen LogP contribution in [0.4, 0.5) is 28.1 Å². The summed E-state index contributed by atoms with van der Waals surface area (Å²) in [4.78, 5) is 44.6. The van der Waals surface area contributed by atoms with Gasteiger partial charge in [-0.2, -0.15) is 15.0 Å². The van der Waals surface area contributed by atoms with E-state index in [1.807, 2.05) is 31.2 Å². The summed E-state index contributed by atoms with van der Waals surface area (Å²) >= 11 is 0. The number of anilines is 4. The molecule has 5 atom stereocenters. The van der Waals surface area contributed by atoms with Crippen molar-refractivity contribution in [2.75, 3.05) is 46.9 Å². The van der Waals surface area contributed by atoms with Crippen molar-refractivity contribution in [1.82, 2.24) is 15.0 Å². The van der Waals surface area contributed by atoms with Gasteiger partial charge in [0, 0.05) is 22.5 Å². The van der Waals surface area contributed by atoms with E-state index in [2.05, 4.69) is 20.4 Å². The summed E-state index contributed by atoms with van der Waals surface area (Å²) in [6.45, 7) is 4.72. The second-order valence-corrected chi connectivity index (χ2v) is 12.2. The molecule has 2 amide bonds. The van der Waals surface area contributed by atoms with E-state index in [0.29, 0.717) is 67.5 Å². The Morgan fingerprint density at radius 1 is 0.795 bits per heavy atom. The number of carbonyl (C=O) groups is 2. The van der Waals surface area contributed by atoms with Crippen LogP contribution >= 0.6 is 0 Å². The highest BCUT2D eigenvalue weighted by atomic mass is 16.5. The Bertz CT molecular complexity index is 1520. The van der Waals surface area contributed by atoms with Crippen molar-refractivity contribution in [2.24, 2.45) is 0 Å². The summed E-state index contributed by atoms with van der Waals surface area (Å²) in [5.41, 5.74) is 3.41. The third kappa shape index (κ3) is 4.82. The van der Waals surface area contributed by atoms with Crippen LogP contribution in [0, 0.1) is 0 Å². The number of cyclic esters (lactones) is 1. The number of nitrogens with zero attached hydrogens (tertiary/aromatic N) is 5. The van der Waals surface area contributed by atoms with Gasteiger partial charge in [-0.05, 0) is 74.6 Å². The van der Waals surface area contributed by atoms with Crippen molar-refractivity contribution in [3.63, 3.8) is 0 Å². The number of amides is 2. The third-order valence-corrected chi connectivity index (χ3v) is 9.45. The van der Waals surface area contributed by atoms with Crippen LogP contribution < -0.4 is 20.4 Å². The number of ether oxygens (including phenoxy) is 3. The Labute approximate surface area is 255 Å². The van der Waals surface area contributed by atoms with Crippen molar-refractivity contribution < 1.29 is 23.8 Å². The minimum absolute atomic E-state index is 0.273. The monoisotopic (exact) mass is 597 g/mol. The Morgan fingerprint density at radius 3 is 1.91 bits per heavy atom. The summed E-state index contributed by atoms with van der Waals surface area (Å²) < 4.78 is 17.1. The van der Waals surface area contributed by atoms with Crippen LogP contribution in [-0.2, 0) is 14.2 Å². The van der Waals surface area contributed by atoms with Crippen LogP contribution in [0.15, 0.2) is 42.5 Å². The zero-order valence-corrected chi connectivity index (χ0v) is 24.6. The van der Waals surface area contributed by atoms with E-state index in [0.717, 1.165) is 36.8 Å². The highest BCUT2D eigenvalue weighted by Gasteiger charge is 2.42. The molecule has 0 radical (unpaired) electrons. The molecule has 12 nitrogen and oxygen atoms in total. The van der Waals surface area contributed by atoms with E-state index in [4.69, 9.17) is 29.2 Å². The molecule has 0 aliphatic carbocycles. The zero-order chi connectivity index (χ0) is 29.8. The molecule has 5 aliphatic rings. The molecule has 2 aromatic carbocycles. The topological polar surface area (TPSA) is 131 Å². The maximum absolute atomic E-state index is 12.8. The van der Waals surface area contributed by atoms with Crippen LogP contribution in [0.3, 0.4) is 0 Å². The van der Waals surface area contributed by atoms with E-state index >= 15 is 0 Å². The second kappa shape index (κ2) is 11.0. The second-order valence-electron chi connectivity index (χ2n) is 12.2. The molecule has 4 bridgehead atoms. The smallest absolute Gasteiger partial charge is 0.339 e. The lowest BCUT2D eigenvalue weighted by Crippen LogP contribution is -2.48. The van der Waals surface area contributed by atoms with Crippen LogP contribution in [0.1, 0.15) is 61.1 Å². The van der Waals surface area contributed by atoms with E-state index < -0.39 is 0 Å². The lowest BCUT2D eigenvalue weighted by molar-refractivity contribution is 0.0378. The van der Waals surface area contributed by atoms with Gasteiger partial charge >= 0.3 is 12.0 Å². The van der Waals surface area contributed by atoms with Crippen molar-refractivity contribution in [3.8, 4) is 11.4 Å². The molecular weight excluding hydrogens is 562 g/mol. The number of esters is 1. The number of morpholine rings is 2. The van der Waals surface area contributed by atoms with E-state index in [1.54, 1.807) is 18.2 Å². The first-order chi connectivity index (χ1) is 21.5. The molecule has 4 saturated heterocycles. The van der Waals surface area contributed by atoms with Gasteiger partial charge in [0.25, 0.3) is 0 Å². The summed E-state index contributed by atoms with van der Waals surface area (Å²) in [7, 11) is 0. The summed E-state index contributed by atoms with van der Waals surface area (Å²) in [6.07, 6.45) is 4.67. The Hall–Kier alpha value is -4.29. The number of hydrogen-bond donors (Lipinski definition) is 2. The largest absolute Gasteiger partial charge is 0.454 e. The van der Waals surface area contributed by atoms with Crippen LogP contribution in [0.5, 0.6) is 0 Å². The molecule has 228 valence electrons. The van der Waals surface area contributed by atoms with Gasteiger partial charge in [0.05, 0.1) is 56.2 Å². The molecule has 6 heterocycles. The van der Waals surface area contributed by atoms with Crippen LogP contribution in [-0.4, -0.2) is 77.5 Å². The van der Waals surface area contributed by atoms with Gasteiger partial charge in [0.15, 0.2) is 5.82 Å². The fourth-order valence-electron chi connectivity index (χ4n) is 7.27. The first-order valence-corrected chi connectivity index (χ1v) is 15.6. The van der Waals surface area contributed by atoms with Crippen molar-refractivity contribution in [1.29, 1.82) is 0 Å². The molecule has 5 aliphatic heterocycles. The highest BCUT2D eigenvalue weighted by Crippen LogP contribution is 2.37. The minimum Gasteiger partial charge on any atom is -0.454 e. The molecule has 4 fully saturated rings. The number of fused-ring (bicyclic) bond motifs is 5. The van der Waals surface area contributed by atoms with Crippen molar-refractivity contribution >= 4 is 35.3 Å². The number of urea groups is 1. The Morgan fingerprint density at radius 2 is 1.34 bits per heavy atom. The fourth-order valence-corrected chi connectivity index (χ4v) is 7.27. The van der Waals surface area contributed by atoms with Gasteiger partial charge in [-0.15, -0.1) is 0 Å². The number of benzene rings is 2. The number of nitrogens with one attached hydrogen (secondary N) is 2. The quantitative estimate of drug-likeness (QED) is 0.391. The van der Waals surface area contributed by atoms with Crippen molar-refractivity contribution in [2.45, 2.75) is 69.3 Å². The highest BCUT2D eigenvalue weighted by molar-refractivity contribution is 6.01. The number of hydrogen-bond acceptors (Lipinski definition) is 10. The normalized spacial score (nSPS) is 26.8. The molecule has 2 N–H and O–H groups in total. The third-order valence-electron chi connectivity index (χ3n) is 9.45. The van der Waals surface area contributed by atoms with E-state index in [-0.39, 0.29) is 42.3 Å². The summed E-state index contributed by atoms with van der Waals surface area (Å²) in [5, 5.41) is 5.75. The molecule has 44 heavy (non-hydrogen) atoms. The Balaban J connectivity index is 1.03. The predicted octanol–water partition coefficient (Wildman–Crippen LogP) is 4.54. The van der Waals surface area contributed by atoms with Gasteiger partial charge in [-0.25, -0.2) is 9.59 Å². The van der Waals surface area contributed by atoms with Crippen LogP contribution in [0.25, 0.3) is 11.4 Å². The average molecular weight is 598 g/mol. The fraction of sp³-hybridized carbons (Fsp3) is 0.469. The van der Waals surface area contributed by atoms with Crippen molar-refractivity contribution in [3.05, 3.63) is 53.6 Å². The predicted molar refractivity (Wildman–Crippen MR) is 163 cm³/mol. The standard InChI is InChI=1S/C32H35N7O5/c1-2-27-26-13-20(7-12-25(26)29(40)44-27)34-32(41)33-19-5-3-18(4-6-19)28-35-30(38-21-8-9-22(38)15-42-14-21)37-31(36-28)39-23-10-11-24(39)17-43-16-23/h3-7,12-13,21-24,27H,2,8-11,14-17H2,1H3,(H2,33,34,41)/t21-,22+,23?,24?,27?. The molecule has 3 unspecified atom stereocenters. The summed E-state index contributed by atoms with van der Waals surface area (Å²) in [6, 6.07) is 13.4. The van der Waals surface area contributed by atoms with Gasteiger partial charge < -0.3 is 34.6 Å². The SMILES string of the molecule is CCC1OC(=O)c2ccc(NC(=O)Nc3ccc(-c4nc(N5C6CCC5COC6)nc(N5[C@@H]6CC[C@H]5COC6)n4)cc3)cc21. The van der Waals surface area contributed by atoms with E-state index in [1.165, 1.54) is 0 Å². The van der Waals surface area contributed by atoms with Gasteiger partial charge in [0.1, 0.15) is 6.10 Å². The lowest BCUT2D eigenvalue weighted by atomic mass is 10.0. The zero-order valence-electron chi connectivity index (χ0n) is 24.6. The number of aromatic nitrogens is 3. The maximum Gasteiger partial charge on any atom is 0.339 e. The maximum atomic E-state index is 12.8. The van der Waals surface area contributed by atoms with Gasteiger partial charge in [-0.3, -0.25) is 0 Å². The lowest BCUT2D eigenvalue weighted by Gasteiger charge is -2.37. The molecule has 1 aromatic heterocycles. The van der Waals surface area contributed by atoms with E-state index in [9.17, 15) is 9.59 Å². The molecule has 0 saturated carbocycles. The summed E-state index contributed by atoms with van der Waals surface area (Å²) in [5.74, 6) is 1.70. The molecule has 3 aromatic rings. The Kier molecular flexibility index (Phi) is 6.82. The average Bonchev–Trinajstić information content (AvgIpc) is 3.59. The van der Waals surface area contributed by atoms with Gasteiger partial charge in [-0.1, -0.05) is 6.92 Å². The molecule has 0 spiro atoms. The number of carbonyl (C=O) groups excluding carboxylic acids is 2. The molecular formula is C32H35N7O5. The molecule has 12 heteroatoms. The first kappa shape index (κ1) is 27.3. The molecule has 8 rings (SSSR count). The number of rotatable bonds is 6. The minimum atomic E-state index is -0.383. The first-order valence-electron chi connectivity index (χ1n) is 15.6. The van der Waals surface area contributed by atoms with Crippen LogP contribution in [0.2, 0.25) is 0 Å². The van der Waals surface area contributed by atoms with Gasteiger partial charge in [0.2, 0.25) is 11.9 Å².